The Morgan fingerprint density at radius 3 is 1.90 bits per heavy atom. The van der Waals surface area contributed by atoms with Gasteiger partial charge in [-0.05, 0) is 85.9 Å². The number of hydrogen-bond donors (Lipinski definition) is 0. The van der Waals surface area contributed by atoms with Crippen LogP contribution in [-0.4, -0.2) is 0 Å². The molecule has 0 N–H and O–H groups in total. The normalized spacial score (nSPS) is 50.0. The topological polar surface area (TPSA) is 0 Å². The van der Waals surface area contributed by atoms with Gasteiger partial charge in [0.05, 0.1) is 0 Å². The first-order chi connectivity index (χ1) is 10.1. The first-order valence-electron chi connectivity index (χ1n) is 9.74. The molecule has 4 fully saturated rings. The monoisotopic (exact) mass is 288 g/mol. The average Bonchev–Trinajstić information content (AvgIpc) is 3.18. The molecule has 4 aliphatic rings. The first-order valence-corrected chi connectivity index (χ1v) is 9.74. The highest BCUT2D eigenvalue weighted by atomic mass is 14.5. The molecule has 8 atom stereocenters. The lowest BCUT2D eigenvalue weighted by Crippen LogP contribution is -2.17. The van der Waals surface area contributed by atoms with Crippen molar-refractivity contribution in [2.75, 3.05) is 0 Å². The quantitative estimate of drug-likeness (QED) is 0.533. The van der Waals surface area contributed by atoms with Crippen molar-refractivity contribution >= 4 is 0 Å². The molecule has 0 aromatic carbocycles. The van der Waals surface area contributed by atoms with E-state index in [9.17, 15) is 0 Å². The summed E-state index contributed by atoms with van der Waals surface area (Å²) in [6.07, 6.45) is 14.2. The molecule has 4 bridgehead atoms. The zero-order valence-electron chi connectivity index (χ0n) is 14.6. The van der Waals surface area contributed by atoms with Crippen molar-refractivity contribution < 1.29 is 0 Å². The Balaban J connectivity index is 0.000000126. The molecule has 120 valence electrons. The third kappa shape index (κ3) is 3.10. The van der Waals surface area contributed by atoms with Crippen molar-refractivity contribution in [3.63, 3.8) is 0 Å². The van der Waals surface area contributed by atoms with Crippen LogP contribution in [0.4, 0.5) is 0 Å². The van der Waals surface area contributed by atoms with E-state index in [0.29, 0.717) is 0 Å². The summed E-state index contributed by atoms with van der Waals surface area (Å²) in [5.41, 5.74) is 0. The van der Waals surface area contributed by atoms with E-state index in [-0.39, 0.29) is 0 Å². The standard InChI is InChI=1S/C11H20.C10H16/c1-3-4-10-6-9-5-8(2)11(10)7-9;1-3-9-5-8-4-7(2)10(9)6-8/h8-11H,3-7H2,1-2H3;3,7-10H,1,4-6H2,2H3. The SMILES string of the molecule is C=CC1CC2CC(C)C1C2.CCCC1CC2CC(C)C1C2. The van der Waals surface area contributed by atoms with Crippen LogP contribution in [0.3, 0.4) is 0 Å². The zero-order chi connectivity index (χ0) is 15.0. The summed E-state index contributed by atoms with van der Waals surface area (Å²) in [5, 5.41) is 0. The Kier molecular flexibility index (Phi) is 4.81. The zero-order valence-corrected chi connectivity index (χ0v) is 14.6. The summed E-state index contributed by atoms with van der Waals surface area (Å²) < 4.78 is 0. The molecule has 8 unspecified atom stereocenters. The molecule has 4 saturated carbocycles. The van der Waals surface area contributed by atoms with Crippen LogP contribution in [0.15, 0.2) is 12.7 Å². The minimum Gasteiger partial charge on any atom is -0.103 e. The van der Waals surface area contributed by atoms with Gasteiger partial charge < -0.3 is 0 Å². The molecule has 0 radical (unpaired) electrons. The van der Waals surface area contributed by atoms with E-state index in [2.05, 4.69) is 33.4 Å². The van der Waals surface area contributed by atoms with E-state index in [0.717, 1.165) is 47.3 Å². The van der Waals surface area contributed by atoms with Crippen molar-refractivity contribution in [3.05, 3.63) is 12.7 Å². The van der Waals surface area contributed by atoms with Crippen molar-refractivity contribution in [3.8, 4) is 0 Å². The molecule has 4 aliphatic carbocycles. The molecule has 0 amide bonds. The van der Waals surface area contributed by atoms with Gasteiger partial charge in [-0.1, -0.05) is 39.7 Å². The molecule has 4 rings (SSSR count). The summed E-state index contributed by atoms with van der Waals surface area (Å²) in [6, 6.07) is 0. The van der Waals surface area contributed by atoms with Crippen LogP contribution in [0.25, 0.3) is 0 Å². The van der Waals surface area contributed by atoms with Crippen LogP contribution in [0.1, 0.15) is 72.1 Å². The fourth-order valence-electron chi connectivity index (χ4n) is 6.60. The minimum absolute atomic E-state index is 0.869. The molecular weight excluding hydrogens is 252 g/mol. The molecule has 0 saturated heterocycles. The Morgan fingerprint density at radius 2 is 1.48 bits per heavy atom. The second-order valence-electron chi connectivity index (χ2n) is 8.88. The van der Waals surface area contributed by atoms with Crippen molar-refractivity contribution in [1.29, 1.82) is 0 Å². The molecule has 0 aliphatic heterocycles. The predicted molar refractivity (Wildman–Crippen MR) is 92.1 cm³/mol. The van der Waals surface area contributed by atoms with Crippen LogP contribution in [0.5, 0.6) is 0 Å². The lowest BCUT2D eigenvalue weighted by atomic mass is 9.79. The third-order valence-electron chi connectivity index (χ3n) is 7.44. The van der Waals surface area contributed by atoms with E-state index in [4.69, 9.17) is 0 Å². The average molecular weight is 289 g/mol. The lowest BCUT2D eigenvalue weighted by molar-refractivity contribution is 0.240. The van der Waals surface area contributed by atoms with Gasteiger partial charge in [0.2, 0.25) is 0 Å². The Labute approximate surface area is 132 Å². The van der Waals surface area contributed by atoms with Gasteiger partial charge >= 0.3 is 0 Å². The van der Waals surface area contributed by atoms with Gasteiger partial charge in [0.25, 0.3) is 0 Å². The molecule has 0 heteroatoms. The summed E-state index contributed by atoms with van der Waals surface area (Å²) >= 11 is 0. The van der Waals surface area contributed by atoms with Crippen molar-refractivity contribution in [2.45, 2.75) is 72.1 Å². The van der Waals surface area contributed by atoms with Crippen molar-refractivity contribution in [1.82, 2.24) is 0 Å². The van der Waals surface area contributed by atoms with E-state index >= 15 is 0 Å². The number of fused-ring (bicyclic) bond motifs is 4. The predicted octanol–water partition coefficient (Wildman–Crippen LogP) is 6.32. The van der Waals surface area contributed by atoms with Crippen molar-refractivity contribution in [2.24, 2.45) is 47.3 Å². The van der Waals surface area contributed by atoms with Gasteiger partial charge in [0, 0.05) is 0 Å². The summed E-state index contributed by atoms with van der Waals surface area (Å²) in [6.45, 7) is 11.1. The fourth-order valence-corrected chi connectivity index (χ4v) is 6.60. The van der Waals surface area contributed by atoms with Crippen LogP contribution in [0.2, 0.25) is 0 Å². The van der Waals surface area contributed by atoms with Crippen LogP contribution < -0.4 is 0 Å². The van der Waals surface area contributed by atoms with E-state index in [1.807, 2.05) is 0 Å². The van der Waals surface area contributed by atoms with Gasteiger partial charge in [-0.15, -0.1) is 6.58 Å². The largest absolute Gasteiger partial charge is 0.103 e. The molecule has 0 heterocycles. The summed E-state index contributed by atoms with van der Waals surface area (Å²) in [5.74, 6) is 8.35. The highest BCUT2D eigenvalue weighted by Crippen LogP contribution is 2.53. The molecule has 0 spiro atoms. The fraction of sp³-hybridized carbons (Fsp3) is 0.905. The third-order valence-corrected chi connectivity index (χ3v) is 7.44. The molecule has 0 aromatic rings. The van der Waals surface area contributed by atoms with Crippen LogP contribution >= 0.6 is 0 Å². The molecular formula is C21H36. The van der Waals surface area contributed by atoms with Gasteiger partial charge in [-0.3, -0.25) is 0 Å². The summed E-state index contributed by atoms with van der Waals surface area (Å²) in [4.78, 5) is 0. The van der Waals surface area contributed by atoms with Crippen LogP contribution in [0, 0.1) is 47.3 Å². The Morgan fingerprint density at radius 1 is 0.857 bits per heavy atom. The molecule has 0 nitrogen and oxygen atoms in total. The number of allylic oxidation sites excluding steroid dienone is 1. The summed E-state index contributed by atoms with van der Waals surface area (Å²) in [7, 11) is 0. The maximum Gasteiger partial charge on any atom is -0.0203 e. The first kappa shape index (κ1) is 15.6. The highest BCUT2D eigenvalue weighted by Gasteiger charge is 2.43. The maximum absolute atomic E-state index is 3.90. The number of rotatable bonds is 3. The van der Waals surface area contributed by atoms with Gasteiger partial charge in [0.15, 0.2) is 0 Å². The van der Waals surface area contributed by atoms with E-state index < -0.39 is 0 Å². The molecule has 0 aromatic heterocycles. The van der Waals surface area contributed by atoms with Gasteiger partial charge in [0.1, 0.15) is 0 Å². The minimum atomic E-state index is 0.869. The smallest absolute Gasteiger partial charge is 0.0203 e. The van der Waals surface area contributed by atoms with E-state index in [1.165, 1.54) is 32.1 Å². The Bertz CT molecular complexity index is 357. The van der Waals surface area contributed by atoms with Gasteiger partial charge in [-0.25, -0.2) is 0 Å². The van der Waals surface area contributed by atoms with Gasteiger partial charge in [-0.2, -0.15) is 0 Å². The second kappa shape index (κ2) is 6.47. The highest BCUT2D eigenvalue weighted by molar-refractivity contribution is 5.00. The van der Waals surface area contributed by atoms with E-state index in [1.54, 1.807) is 19.3 Å². The van der Waals surface area contributed by atoms with Crippen LogP contribution in [-0.2, 0) is 0 Å². The maximum atomic E-state index is 3.90. The second-order valence-corrected chi connectivity index (χ2v) is 8.88. The Hall–Kier alpha value is -0.260. The number of hydrogen-bond acceptors (Lipinski definition) is 0. The molecule has 21 heavy (non-hydrogen) atoms. The lowest BCUT2D eigenvalue weighted by Gasteiger charge is -2.26.